The molecular weight excluding hydrogens is 324 g/mol. The van der Waals surface area contributed by atoms with Crippen molar-refractivity contribution in [2.75, 3.05) is 12.4 Å². The normalized spacial score (nSPS) is 16.6. The second-order valence-corrected chi connectivity index (χ2v) is 7.39. The van der Waals surface area contributed by atoms with Crippen LogP contribution in [0.3, 0.4) is 0 Å². The summed E-state index contributed by atoms with van der Waals surface area (Å²) >= 11 is 1.49. The van der Waals surface area contributed by atoms with Crippen molar-refractivity contribution >= 4 is 17.7 Å². The van der Waals surface area contributed by atoms with E-state index in [0.29, 0.717) is 23.3 Å². The van der Waals surface area contributed by atoms with E-state index in [4.69, 9.17) is 4.42 Å². The number of carbonyl (C=O) groups excluding carboxylic acids is 1. The van der Waals surface area contributed by atoms with Gasteiger partial charge in [0.25, 0.3) is 0 Å². The third kappa shape index (κ3) is 4.19. The Bertz CT molecular complexity index is 685. The predicted molar refractivity (Wildman–Crippen MR) is 94.5 cm³/mol. The van der Waals surface area contributed by atoms with Gasteiger partial charge in [-0.2, -0.15) is 0 Å². The van der Waals surface area contributed by atoms with Gasteiger partial charge in [-0.25, -0.2) is 4.98 Å². The SMILES string of the molecule is CC(CO)(NC(=O)CSCc1coc(-c2ccccc2)n1)C1CC1. The van der Waals surface area contributed by atoms with Crippen LogP contribution in [-0.4, -0.2) is 33.9 Å². The second kappa shape index (κ2) is 7.40. The first kappa shape index (κ1) is 17.0. The second-order valence-electron chi connectivity index (χ2n) is 6.40. The first-order chi connectivity index (χ1) is 11.6. The lowest BCUT2D eigenvalue weighted by molar-refractivity contribution is -0.121. The summed E-state index contributed by atoms with van der Waals surface area (Å²) in [4.78, 5) is 16.5. The molecule has 1 aliphatic carbocycles. The van der Waals surface area contributed by atoms with Gasteiger partial charge in [0.15, 0.2) is 0 Å². The molecule has 1 aliphatic rings. The third-order valence-corrected chi connectivity index (χ3v) is 5.25. The number of hydrogen-bond acceptors (Lipinski definition) is 5. The summed E-state index contributed by atoms with van der Waals surface area (Å²) in [6, 6.07) is 9.73. The monoisotopic (exact) mass is 346 g/mol. The maximum absolute atomic E-state index is 12.1. The van der Waals surface area contributed by atoms with Crippen molar-refractivity contribution in [3.8, 4) is 11.5 Å². The molecule has 2 aromatic rings. The standard InChI is InChI=1S/C18H22N2O3S/c1-18(12-21,14-7-8-14)20-16(22)11-24-10-15-9-23-17(19-15)13-5-3-2-4-6-13/h2-6,9,14,21H,7-8,10-12H2,1H3,(H,20,22). The van der Waals surface area contributed by atoms with Crippen molar-refractivity contribution in [3.05, 3.63) is 42.3 Å². The van der Waals surface area contributed by atoms with Gasteiger partial charge in [0.2, 0.25) is 11.8 Å². The number of aliphatic hydroxyl groups is 1. The van der Waals surface area contributed by atoms with Crippen LogP contribution < -0.4 is 5.32 Å². The van der Waals surface area contributed by atoms with Gasteiger partial charge in [0.1, 0.15) is 6.26 Å². The number of hydrogen-bond donors (Lipinski definition) is 2. The number of benzene rings is 1. The van der Waals surface area contributed by atoms with Crippen LogP contribution in [0.2, 0.25) is 0 Å². The summed E-state index contributed by atoms with van der Waals surface area (Å²) in [6.45, 7) is 1.90. The lowest BCUT2D eigenvalue weighted by Crippen LogP contribution is -2.51. The molecule has 2 N–H and O–H groups in total. The molecule has 0 aliphatic heterocycles. The fourth-order valence-electron chi connectivity index (χ4n) is 2.68. The average Bonchev–Trinajstić information content (AvgIpc) is 3.36. The maximum Gasteiger partial charge on any atom is 0.230 e. The Morgan fingerprint density at radius 2 is 2.17 bits per heavy atom. The Morgan fingerprint density at radius 3 is 2.83 bits per heavy atom. The molecule has 0 bridgehead atoms. The summed E-state index contributed by atoms with van der Waals surface area (Å²) in [5, 5.41) is 12.5. The first-order valence-electron chi connectivity index (χ1n) is 8.10. The zero-order valence-electron chi connectivity index (χ0n) is 13.7. The van der Waals surface area contributed by atoms with Crippen LogP contribution in [0.1, 0.15) is 25.5 Å². The van der Waals surface area contributed by atoms with Crippen LogP contribution in [-0.2, 0) is 10.5 Å². The van der Waals surface area contributed by atoms with Gasteiger partial charge >= 0.3 is 0 Å². The van der Waals surface area contributed by atoms with Gasteiger partial charge in [0, 0.05) is 11.3 Å². The molecule has 1 fully saturated rings. The van der Waals surface area contributed by atoms with Gasteiger partial charge in [-0.1, -0.05) is 18.2 Å². The van der Waals surface area contributed by atoms with Crippen molar-refractivity contribution in [1.29, 1.82) is 0 Å². The molecule has 0 radical (unpaired) electrons. The van der Waals surface area contributed by atoms with Crippen molar-refractivity contribution < 1.29 is 14.3 Å². The van der Waals surface area contributed by atoms with E-state index in [0.717, 1.165) is 24.1 Å². The summed E-state index contributed by atoms with van der Waals surface area (Å²) in [6.07, 6.45) is 3.78. The molecule has 6 heteroatoms. The smallest absolute Gasteiger partial charge is 0.230 e. The molecule has 128 valence electrons. The van der Waals surface area contributed by atoms with E-state index in [1.807, 2.05) is 37.3 Å². The molecule has 1 aromatic carbocycles. The van der Waals surface area contributed by atoms with Gasteiger partial charge in [0.05, 0.1) is 23.6 Å². The summed E-state index contributed by atoms with van der Waals surface area (Å²) in [5.74, 6) is 1.91. The molecular formula is C18H22N2O3S. The predicted octanol–water partition coefficient (Wildman–Crippen LogP) is 2.85. The van der Waals surface area contributed by atoms with E-state index in [9.17, 15) is 9.90 Å². The Balaban J connectivity index is 1.46. The van der Waals surface area contributed by atoms with Crippen LogP contribution in [0.25, 0.3) is 11.5 Å². The number of thioether (sulfide) groups is 1. The minimum absolute atomic E-state index is 0.0161. The van der Waals surface area contributed by atoms with E-state index in [1.54, 1.807) is 6.26 Å². The average molecular weight is 346 g/mol. The highest BCUT2D eigenvalue weighted by molar-refractivity contribution is 7.99. The fourth-order valence-corrected chi connectivity index (χ4v) is 3.38. The number of nitrogens with zero attached hydrogens (tertiary/aromatic N) is 1. The molecule has 0 saturated heterocycles. The first-order valence-corrected chi connectivity index (χ1v) is 9.25. The summed E-state index contributed by atoms with van der Waals surface area (Å²) in [5.41, 5.74) is 1.28. The van der Waals surface area contributed by atoms with E-state index in [2.05, 4.69) is 10.3 Å². The summed E-state index contributed by atoms with van der Waals surface area (Å²) in [7, 11) is 0. The van der Waals surface area contributed by atoms with Crippen LogP contribution in [0, 0.1) is 5.92 Å². The van der Waals surface area contributed by atoms with Crippen molar-refractivity contribution in [2.24, 2.45) is 5.92 Å². The minimum Gasteiger partial charge on any atom is -0.444 e. The number of amides is 1. The maximum atomic E-state index is 12.1. The van der Waals surface area contributed by atoms with Crippen molar-refractivity contribution in [1.82, 2.24) is 10.3 Å². The number of oxazole rings is 1. The molecule has 1 heterocycles. The lowest BCUT2D eigenvalue weighted by Gasteiger charge is -2.28. The molecule has 3 rings (SSSR count). The molecule has 1 aromatic heterocycles. The highest BCUT2D eigenvalue weighted by Gasteiger charge is 2.41. The number of rotatable bonds is 8. The highest BCUT2D eigenvalue weighted by Crippen LogP contribution is 2.39. The van der Waals surface area contributed by atoms with Crippen LogP contribution in [0.5, 0.6) is 0 Å². The molecule has 5 nitrogen and oxygen atoms in total. The molecule has 24 heavy (non-hydrogen) atoms. The lowest BCUT2D eigenvalue weighted by atomic mass is 9.97. The van der Waals surface area contributed by atoms with Crippen LogP contribution in [0.15, 0.2) is 41.0 Å². The molecule has 0 spiro atoms. The molecule has 1 atom stereocenters. The van der Waals surface area contributed by atoms with Crippen LogP contribution in [0.4, 0.5) is 0 Å². The van der Waals surface area contributed by atoms with Gasteiger partial charge < -0.3 is 14.8 Å². The minimum atomic E-state index is -0.480. The number of aromatic nitrogens is 1. The van der Waals surface area contributed by atoms with E-state index < -0.39 is 5.54 Å². The zero-order valence-corrected chi connectivity index (χ0v) is 14.5. The van der Waals surface area contributed by atoms with Gasteiger partial charge in [-0.15, -0.1) is 11.8 Å². The largest absolute Gasteiger partial charge is 0.444 e. The van der Waals surface area contributed by atoms with Gasteiger partial charge in [-0.05, 0) is 37.8 Å². The summed E-state index contributed by atoms with van der Waals surface area (Å²) < 4.78 is 5.49. The Labute approximate surface area is 145 Å². The number of aliphatic hydroxyl groups excluding tert-OH is 1. The molecule has 1 amide bonds. The van der Waals surface area contributed by atoms with E-state index in [-0.39, 0.29) is 12.5 Å². The van der Waals surface area contributed by atoms with Crippen molar-refractivity contribution in [2.45, 2.75) is 31.1 Å². The topological polar surface area (TPSA) is 75.4 Å². The third-order valence-electron chi connectivity index (χ3n) is 4.29. The van der Waals surface area contributed by atoms with E-state index in [1.165, 1.54) is 11.8 Å². The highest BCUT2D eigenvalue weighted by atomic mass is 32.2. The Kier molecular flexibility index (Phi) is 5.26. The Morgan fingerprint density at radius 1 is 1.42 bits per heavy atom. The fraction of sp³-hybridized carbons (Fsp3) is 0.444. The van der Waals surface area contributed by atoms with Crippen LogP contribution >= 0.6 is 11.8 Å². The zero-order chi connectivity index (χ0) is 17.0. The Hall–Kier alpha value is -1.79. The number of nitrogens with one attached hydrogen (secondary N) is 1. The van der Waals surface area contributed by atoms with Crippen molar-refractivity contribution in [3.63, 3.8) is 0 Å². The number of carbonyl (C=O) groups is 1. The molecule has 1 unspecified atom stereocenters. The quantitative estimate of drug-likeness (QED) is 0.769. The van der Waals surface area contributed by atoms with E-state index >= 15 is 0 Å². The molecule has 1 saturated carbocycles. The van der Waals surface area contributed by atoms with Gasteiger partial charge in [-0.3, -0.25) is 4.79 Å².